The normalized spacial score (nSPS) is 19.4. The van der Waals surface area contributed by atoms with Crippen LogP contribution in [0.3, 0.4) is 0 Å². The van der Waals surface area contributed by atoms with Crippen molar-refractivity contribution in [1.29, 1.82) is 0 Å². The van der Waals surface area contributed by atoms with E-state index in [1.807, 2.05) is 29.2 Å². The third kappa shape index (κ3) is 3.67. The van der Waals surface area contributed by atoms with Crippen LogP contribution >= 0.6 is 12.4 Å². The van der Waals surface area contributed by atoms with Gasteiger partial charge in [0.25, 0.3) is 0 Å². The van der Waals surface area contributed by atoms with Crippen LogP contribution in [0.1, 0.15) is 30.4 Å². The number of nitrogens with zero attached hydrogens (tertiary/aromatic N) is 2. The van der Waals surface area contributed by atoms with Crippen molar-refractivity contribution >= 4 is 35.8 Å². The number of para-hydroxylation sites is 2. The third-order valence-corrected chi connectivity index (χ3v) is 6.61. The fourth-order valence-corrected chi connectivity index (χ4v) is 5.00. The number of anilines is 2. The van der Waals surface area contributed by atoms with Gasteiger partial charge in [0, 0.05) is 12.0 Å². The zero-order valence-corrected chi connectivity index (χ0v) is 17.5. The molecular formula is C24H28ClN3O. The van der Waals surface area contributed by atoms with E-state index >= 15 is 0 Å². The number of halogens is 1. The smallest absolute Gasteiger partial charge is 0.246 e. The Morgan fingerprint density at radius 1 is 0.966 bits per heavy atom. The number of hydrogen-bond acceptors (Lipinski definition) is 3. The Bertz CT molecular complexity index is 918. The van der Waals surface area contributed by atoms with Crippen molar-refractivity contribution in [3.05, 3.63) is 65.7 Å². The molecule has 2 aromatic carbocycles. The number of rotatable bonds is 4. The topological polar surface area (TPSA) is 35.6 Å². The lowest BCUT2D eigenvalue weighted by atomic mass is 9.74. The van der Waals surface area contributed by atoms with Crippen LogP contribution in [0.4, 0.5) is 11.4 Å². The Hall–Kier alpha value is -2.30. The fourth-order valence-electron chi connectivity index (χ4n) is 5.00. The molecule has 0 saturated carbocycles. The maximum atomic E-state index is 12.4. The van der Waals surface area contributed by atoms with Crippen molar-refractivity contribution in [2.45, 2.75) is 24.7 Å². The average molecular weight is 410 g/mol. The largest absolute Gasteiger partial charge is 0.374 e. The number of benzene rings is 2. The van der Waals surface area contributed by atoms with E-state index in [9.17, 15) is 4.79 Å². The molecule has 5 heteroatoms. The first kappa shape index (κ1) is 20.0. The number of amides is 1. The highest BCUT2D eigenvalue weighted by atomic mass is 35.5. The molecule has 4 nitrogen and oxygen atoms in total. The lowest BCUT2D eigenvalue weighted by molar-refractivity contribution is -0.117. The molecule has 1 N–H and O–H groups in total. The van der Waals surface area contributed by atoms with Gasteiger partial charge in [0.15, 0.2) is 0 Å². The van der Waals surface area contributed by atoms with Gasteiger partial charge in [-0.15, -0.1) is 12.4 Å². The van der Waals surface area contributed by atoms with E-state index < -0.39 is 0 Å². The van der Waals surface area contributed by atoms with Crippen molar-refractivity contribution < 1.29 is 4.79 Å². The first-order valence-electron chi connectivity index (χ1n) is 10.4. The molecule has 2 aliphatic heterocycles. The maximum Gasteiger partial charge on any atom is 0.246 e. The van der Waals surface area contributed by atoms with Crippen LogP contribution in [0.5, 0.6) is 0 Å². The molecule has 152 valence electrons. The molecule has 1 amide bonds. The highest BCUT2D eigenvalue weighted by Gasteiger charge is 2.37. The van der Waals surface area contributed by atoms with Crippen LogP contribution in [0.25, 0.3) is 6.08 Å². The summed E-state index contributed by atoms with van der Waals surface area (Å²) in [6, 6.07) is 16.9. The Kier molecular flexibility index (Phi) is 5.66. The van der Waals surface area contributed by atoms with E-state index in [1.54, 1.807) is 0 Å². The minimum atomic E-state index is 0. The number of likely N-dealkylation sites (tertiary alicyclic amines) is 1. The molecule has 0 radical (unpaired) electrons. The second-order valence-corrected chi connectivity index (χ2v) is 8.19. The summed E-state index contributed by atoms with van der Waals surface area (Å²) in [5, 5.41) is 3.21. The summed E-state index contributed by atoms with van der Waals surface area (Å²) in [7, 11) is 0. The van der Waals surface area contributed by atoms with Gasteiger partial charge in [-0.25, -0.2) is 0 Å². The number of allylic oxidation sites excluding steroid dienone is 1. The van der Waals surface area contributed by atoms with Gasteiger partial charge < -0.3 is 15.1 Å². The first-order chi connectivity index (χ1) is 13.8. The summed E-state index contributed by atoms with van der Waals surface area (Å²) in [5.41, 5.74) is 5.24. The molecule has 0 aromatic heterocycles. The van der Waals surface area contributed by atoms with Gasteiger partial charge in [-0.1, -0.05) is 48.6 Å². The molecule has 1 fully saturated rings. The van der Waals surface area contributed by atoms with Crippen molar-refractivity contribution in [2.75, 3.05) is 42.9 Å². The molecule has 2 heterocycles. The average Bonchev–Trinajstić information content (AvgIpc) is 3.10. The van der Waals surface area contributed by atoms with Crippen molar-refractivity contribution in [1.82, 2.24) is 4.90 Å². The van der Waals surface area contributed by atoms with Crippen LogP contribution < -0.4 is 10.2 Å². The highest BCUT2D eigenvalue weighted by molar-refractivity contribution is 6.02. The van der Waals surface area contributed by atoms with E-state index in [1.165, 1.54) is 24.0 Å². The van der Waals surface area contributed by atoms with Crippen molar-refractivity contribution in [3.8, 4) is 0 Å². The standard InChI is InChI=1S/C24H27N3O.ClH/c28-23-18-25-21-8-3-4-9-22(21)27(23)15-5-14-26-16-12-24(13-17-26)11-10-19-6-1-2-7-20(19)24;/h1-4,6-11,25H,5,12-18H2;1H. The van der Waals surface area contributed by atoms with E-state index in [0.717, 1.165) is 44.0 Å². The maximum absolute atomic E-state index is 12.4. The third-order valence-electron chi connectivity index (χ3n) is 6.61. The Balaban J connectivity index is 0.00000205. The summed E-state index contributed by atoms with van der Waals surface area (Å²) >= 11 is 0. The van der Waals surface area contributed by atoms with Gasteiger partial charge >= 0.3 is 0 Å². The zero-order chi connectivity index (χ0) is 19.0. The number of fused-ring (bicyclic) bond motifs is 3. The van der Waals surface area contributed by atoms with Gasteiger partial charge in [0.05, 0.1) is 17.9 Å². The van der Waals surface area contributed by atoms with Crippen LogP contribution in [-0.4, -0.2) is 43.5 Å². The summed E-state index contributed by atoms with van der Waals surface area (Å²) < 4.78 is 0. The second kappa shape index (κ2) is 8.21. The summed E-state index contributed by atoms with van der Waals surface area (Å²) in [4.78, 5) is 16.9. The monoisotopic (exact) mass is 409 g/mol. The Labute approximate surface area is 179 Å². The Morgan fingerprint density at radius 3 is 2.59 bits per heavy atom. The molecule has 0 bridgehead atoms. The molecule has 1 aliphatic carbocycles. The van der Waals surface area contributed by atoms with Gasteiger partial charge in [-0.2, -0.15) is 0 Å². The lowest BCUT2D eigenvalue weighted by Crippen LogP contribution is -2.44. The van der Waals surface area contributed by atoms with Gasteiger partial charge in [0.2, 0.25) is 5.91 Å². The predicted molar refractivity (Wildman–Crippen MR) is 122 cm³/mol. The number of piperidine rings is 1. The molecule has 1 saturated heterocycles. The SMILES string of the molecule is Cl.O=C1CNc2ccccc2N1CCCN1CCC2(C=Cc3ccccc32)CC1. The number of carbonyl (C=O) groups excluding carboxylic acids is 1. The van der Waals surface area contributed by atoms with Crippen molar-refractivity contribution in [2.24, 2.45) is 0 Å². The number of carbonyl (C=O) groups is 1. The van der Waals surface area contributed by atoms with Crippen LogP contribution in [-0.2, 0) is 10.2 Å². The van der Waals surface area contributed by atoms with E-state index in [4.69, 9.17) is 0 Å². The van der Waals surface area contributed by atoms with Crippen LogP contribution in [0.2, 0.25) is 0 Å². The molecule has 0 atom stereocenters. The fraction of sp³-hybridized carbons (Fsp3) is 0.375. The zero-order valence-electron chi connectivity index (χ0n) is 16.6. The number of nitrogens with one attached hydrogen (secondary N) is 1. The predicted octanol–water partition coefficient (Wildman–Crippen LogP) is 4.32. The summed E-state index contributed by atoms with van der Waals surface area (Å²) in [5.74, 6) is 0.170. The number of hydrogen-bond donors (Lipinski definition) is 1. The minimum Gasteiger partial charge on any atom is -0.374 e. The van der Waals surface area contributed by atoms with Crippen LogP contribution in [0.15, 0.2) is 54.6 Å². The summed E-state index contributed by atoms with van der Waals surface area (Å²) in [6.07, 6.45) is 8.13. The molecule has 0 unspecified atom stereocenters. The van der Waals surface area contributed by atoms with E-state index in [0.29, 0.717) is 6.54 Å². The highest BCUT2D eigenvalue weighted by Crippen LogP contribution is 2.43. The van der Waals surface area contributed by atoms with E-state index in [-0.39, 0.29) is 23.7 Å². The van der Waals surface area contributed by atoms with Crippen LogP contribution in [0, 0.1) is 0 Å². The molecule has 3 aliphatic rings. The van der Waals surface area contributed by atoms with E-state index in [2.05, 4.69) is 46.6 Å². The molecule has 1 spiro atoms. The first-order valence-corrected chi connectivity index (χ1v) is 10.4. The van der Waals surface area contributed by atoms with Gasteiger partial charge in [-0.3, -0.25) is 4.79 Å². The summed E-state index contributed by atoms with van der Waals surface area (Å²) in [6.45, 7) is 4.51. The van der Waals surface area contributed by atoms with Crippen molar-refractivity contribution in [3.63, 3.8) is 0 Å². The molecular weight excluding hydrogens is 382 g/mol. The van der Waals surface area contributed by atoms with Gasteiger partial charge in [0.1, 0.15) is 0 Å². The second-order valence-electron chi connectivity index (χ2n) is 8.19. The molecule has 2 aromatic rings. The molecule has 29 heavy (non-hydrogen) atoms. The molecule has 5 rings (SSSR count). The lowest BCUT2D eigenvalue weighted by Gasteiger charge is -2.39. The Morgan fingerprint density at radius 2 is 1.72 bits per heavy atom. The quantitative estimate of drug-likeness (QED) is 0.816. The minimum absolute atomic E-state index is 0. The van der Waals surface area contributed by atoms with Gasteiger partial charge in [-0.05, 0) is 62.2 Å².